The maximum atomic E-state index is 12.5. The fraction of sp³-hybridized carbons (Fsp3) is 0.615. The normalized spacial score (nSPS) is 16.4. The van der Waals surface area contributed by atoms with E-state index in [0.717, 1.165) is 12.8 Å². The first kappa shape index (κ1) is 14.3. The summed E-state index contributed by atoms with van der Waals surface area (Å²) in [6.07, 6.45) is 5.08. The number of sulfonamides is 1. The highest BCUT2D eigenvalue weighted by molar-refractivity contribution is 7.89. The molecule has 1 aromatic heterocycles. The smallest absolute Gasteiger partial charge is 0.246 e. The molecule has 0 atom stereocenters. The molecule has 106 valence electrons. The van der Waals surface area contributed by atoms with Crippen LogP contribution in [0.15, 0.2) is 23.2 Å². The third kappa shape index (κ3) is 3.06. The summed E-state index contributed by atoms with van der Waals surface area (Å²) in [6.45, 7) is 3.16. The number of nitrogens with one attached hydrogen (secondary N) is 1. The lowest BCUT2D eigenvalue weighted by atomic mass is 9.86. The van der Waals surface area contributed by atoms with Gasteiger partial charge in [-0.1, -0.05) is 6.42 Å². The zero-order valence-electron chi connectivity index (χ0n) is 11.5. The molecule has 1 N–H and O–H groups in total. The lowest BCUT2D eigenvalue weighted by molar-refractivity contribution is 0.263. The molecule has 0 saturated heterocycles. The highest BCUT2D eigenvalue weighted by atomic mass is 32.2. The molecular weight excluding hydrogens is 262 g/mol. The van der Waals surface area contributed by atoms with Crippen LogP contribution in [-0.4, -0.2) is 37.8 Å². The zero-order chi connectivity index (χ0) is 13.9. The van der Waals surface area contributed by atoms with E-state index in [1.165, 1.54) is 10.7 Å². The van der Waals surface area contributed by atoms with E-state index in [9.17, 15) is 8.42 Å². The number of rotatable bonds is 6. The van der Waals surface area contributed by atoms with Crippen molar-refractivity contribution in [1.82, 2.24) is 9.29 Å². The standard InChI is InChI=1S/C13H21N3O2S/c1-3-14-13-12(8-5-9-15-13)19(17,18)16(2)10-11-6-4-7-11/h5,8-9,11H,3-4,6-7,10H2,1-2H3,(H,14,15). The molecule has 6 heteroatoms. The van der Waals surface area contributed by atoms with E-state index in [4.69, 9.17) is 0 Å². The van der Waals surface area contributed by atoms with Gasteiger partial charge in [-0.15, -0.1) is 0 Å². The summed E-state index contributed by atoms with van der Waals surface area (Å²) in [6, 6.07) is 3.27. The minimum absolute atomic E-state index is 0.263. The maximum absolute atomic E-state index is 12.5. The number of nitrogens with zero attached hydrogens (tertiary/aromatic N) is 2. The van der Waals surface area contributed by atoms with E-state index in [2.05, 4.69) is 10.3 Å². The van der Waals surface area contributed by atoms with Gasteiger partial charge in [-0.2, -0.15) is 0 Å². The van der Waals surface area contributed by atoms with Crippen molar-refractivity contribution in [3.63, 3.8) is 0 Å². The highest BCUT2D eigenvalue weighted by Crippen LogP contribution is 2.29. The molecule has 2 rings (SSSR count). The van der Waals surface area contributed by atoms with Crippen LogP contribution in [0.4, 0.5) is 5.82 Å². The van der Waals surface area contributed by atoms with Crippen LogP contribution in [0.1, 0.15) is 26.2 Å². The molecule has 0 unspecified atom stereocenters. The molecule has 1 fully saturated rings. The Hall–Kier alpha value is -1.14. The van der Waals surface area contributed by atoms with Gasteiger partial charge in [0.2, 0.25) is 10.0 Å². The second-order valence-electron chi connectivity index (χ2n) is 4.96. The average Bonchev–Trinajstić information content (AvgIpc) is 2.34. The summed E-state index contributed by atoms with van der Waals surface area (Å²) >= 11 is 0. The molecule has 1 aliphatic carbocycles. The van der Waals surface area contributed by atoms with Gasteiger partial charge >= 0.3 is 0 Å². The zero-order valence-corrected chi connectivity index (χ0v) is 12.3. The van der Waals surface area contributed by atoms with E-state index in [0.29, 0.717) is 24.8 Å². The third-order valence-corrected chi connectivity index (χ3v) is 5.40. The summed E-state index contributed by atoms with van der Waals surface area (Å²) in [5, 5.41) is 3.00. The van der Waals surface area contributed by atoms with Gasteiger partial charge in [-0.3, -0.25) is 0 Å². The quantitative estimate of drug-likeness (QED) is 0.866. The van der Waals surface area contributed by atoms with Gasteiger partial charge in [0, 0.05) is 26.3 Å². The molecular formula is C13H21N3O2S. The summed E-state index contributed by atoms with van der Waals surface area (Å²) in [7, 11) is -1.81. The molecule has 0 bridgehead atoms. The first-order chi connectivity index (χ1) is 9.05. The molecule has 1 saturated carbocycles. The molecule has 0 aliphatic heterocycles. The Kier molecular flexibility index (Phi) is 4.42. The topological polar surface area (TPSA) is 62.3 Å². The monoisotopic (exact) mass is 283 g/mol. The van der Waals surface area contributed by atoms with Gasteiger partial charge in [-0.25, -0.2) is 17.7 Å². The maximum Gasteiger partial charge on any atom is 0.246 e. The second kappa shape index (κ2) is 5.88. The molecule has 1 aliphatic rings. The summed E-state index contributed by atoms with van der Waals surface area (Å²) < 4.78 is 26.6. The Balaban J connectivity index is 2.22. The Bertz CT molecular complexity index is 526. The van der Waals surface area contributed by atoms with Crippen molar-refractivity contribution in [2.75, 3.05) is 25.5 Å². The van der Waals surface area contributed by atoms with E-state index in [1.807, 2.05) is 6.92 Å². The predicted molar refractivity (Wildman–Crippen MR) is 75.6 cm³/mol. The van der Waals surface area contributed by atoms with Crippen LogP contribution in [0.25, 0.3) is 0 Å². The van der Waals surface area contributed by atoms with Crippen LogP contribution in [-0.2, 0) is 10.0 Å². The molecule has 0 amide bonds. The van der Waals surface area contributed by atoms with Crippen molar-refractivity contribution in [3.05, 3.63) is 18.3 Å². The molecule has 0 spiro atoms. The van der Waals surface area contributed by atoms with Crippen molar-refractivity contribution in [1.29, 1.82) is 0 Å². The van der Waals surface area contributed by atoms with Crippen molar-refractivity contribution in [2.45, 2.75) is 31.1 Å². The van der Waals surface area contributed by atoms with Crippen LogP contribution >= 0.6 is 0 Å². The van der Waals surface area contributed by atoms with Crippen molar-refractivity contribution >= 4 is 15.8 Å². The first-order valence-electron chi connectivity index (χ1n) is 6.71. The molecule has 19 heavy (non-hydrogen) atoms. The molecule has 1 heterocycles. The summed E-state index contributed by atoms with van der Waals surface area (Å²) in [5.41, 5.74) is 0. The van der Waals surface area contributed by atoms with Crippen LogP contribution in [0.5, 0.6) is 0 Å². The number of pyridine rings is 1. The molecule has 5 nitrogen and oxygen atoms in total. The fourth-order valence-corrected chi connectivity index (χ4v) is 3.57. The number of hydrogen-bond donors (Lipinski definition) is 1. The highest BCUT2D eigenvalue weighted by Gasteiger charge is 2.28. The van der Waals surface area contributed by atoms with Crippen molar-refractivity contribution in [2.24, 2.45) is 5.92 Å². The minimum atomic E-state index is -3.45. The van der Waals surface area contributed by atoms with Gasteiger partial charge in [0.25, 0.3) is 0 Å². The number of anilines is 1. The Morgan fingerprint density at radius 3 is 2.79 bits per heavy atom. The molecule has 0 aromatic carbocycles. The summed E-state index contributed by atoms with van der Waals surface area (Å²) in [4.78, 5) is 4.38. The Labute approximate surface area is 115 Å². The van der Waals surface area contributed by atoms with E-state index in [-0.39, 0.29) is 4.90 Å². The van der Waals surface area contributed by atoms with Gasteiger partial charge in [0.05, 0.1) is 0 Å². The second-order valence-corrected chi connectivity index (χ2v) is 6.98. The van der Waals surface area contributed by atoms with Gasteiger partial charge < -0.3 is 5.32 Å². The summed E-state index contributed by atoms with van der Waals surface area (Å²) in [5.74, 6) is 0.949. The predicted octanol–water partition coefficient (Wildman–Crippen LogP) is 1.93. The van der Waals surface area contributed by atoms with E-state index >= 15 is 0 Å². The Morgan fingerprint density at radius 1 is 1.47 bits per heavy atom. The van der Waals surface area contributed by atoms with Crippen LogP contribution < -0.4 is 5.32 Å². The number of aromatic nitrogens is 1. The van der Waals surface area contributed by atoms with Gasteiger partial charge in [0.15, 0.2) is 0 Å². The fourth-order valence-electron chi connectivity index (χ4n) is 2.20. The first-order valence-corrected chi connectivity index (χ1v) is 8.15. The van der Waals surface area contributed by atoms with Crippen LogP contribution in [0.2, 0.25) is 0 Å². The van der Waals surface area contributed by atoms with E-state index < -0.39 is 10.0 Å². The van der Waals surface area contributed by atoms with E-state index in [1.54, 1.807) is 25.4 Å². The SMILES string of the molecule is CCNc1ncccc1S(=O)(=O)N(C)CC1CCC1. The van der Waals surface area contributed by atoms with Crippen LogP contribution in [0, 0.1) is 5.92 Å². The van der Waals surface area contributed by atoms with Crippen molar-refractivity contribution < 1.29 is 8.42 Å². The lowest BCUT2D eigenvalue weighted by Gasteiger charge is -2.29. The molecule has 1 aromatic rings. The minimum Gasteiger partial charge on any atom is -0.369 e. The largest absolute Gasteiger partial charge is 0.369 e. The lowest BCUT2D eigenvalue weighted by Crippen LogP contribution is -2.34. The van der Waals surface area contributed by atoms with Crippen molar-refractivity contribution in [3.8, 4) is 0 Å². The van der Waals surface area contributed by atoms with Gasteiger partial charge in [-0.05, 0) is 37.8 Å². The molecule has 0 radical (unpaired) electrons. The van der Waals surface area contributed by atoms with Crippen LogP contribution in [0.3, 0.4) is 0 Å². The van der Waals surface area contributed by atoms with Gasteiger partial charge in [0.1, 0.15) is 10.7 Å². The third-order valence-electron chi connectivity index (χ3n) is 3.54. The number of hydrogen-bond acceptors (Lipinski definition) is 4. The Morgan fingerprint density at radius 2 is 2.21 bits per heavy atom. The average molecular weight is 283 g/mol.